The van der Waals surface area contributed by atoms with Gasteiger partial charge in [0.15, 0.2) is 0 Å². The average molecular weight is 262 g/mol. The van der Waals surface area contributed by atoms with Crippen molar-refractivity contribution in [2.75, 3.05) is 6.54 Å². The van der Waals surface area contributed by atoms with Gasteiger partial charge < -0.3 is 19.8 Å². The second-order valence-electron chi connectivity index (χ2n) is 5.17. The van der Waals surface area contributed by atoms with Gasteiger partial charge >= 0.3 is 5.97 Å². The molecule has 0 fully saturated rings. The topological polar surface area (TPSA) is 78.3 Å². The van der Waals surface area contributed by atoms with Crippen molar-refractivity contribution in [2.24, 2.45) is 0 Å². The van der Waals surface area contributed by atoms with Crippen molar-refractivity contribution in [3.63, 3.8) is 0 Å². The summed E-state index contributed by atoms with van der Waals surface area (Å²) in [5, 5.41) is 12.2. The molecule has 0 atom stereocenters. The molecule has 0 spiro atoms. The van der Waals surface area contributed by atoms with Gasteiger partial charge in [0.05, 0.1) is 6.26 Å². The molecule has 0 aliphatic rings. The lowest BCUT2D eigenvalue weighted by molar-refractivity contribution is 0.0660. The van der Waals surface area contributed by atoms with Crippen LogP contribution in [-0.4, -0.2) is 22.6 Å². The average Bonchev–Trinajstić information content (AvgIpc) is 2.99. The van der Waals surface area contributed by atoms with Crippen molar-refractivity contribution in [3.05, 3.63) is 47.7 Å². The van der Waals surface area contributed by atoms with E-state index in [-0.39, 0.29) is 11.2 Å². The van der Waals surface area contributed by atoms with Crippen molar-refractivity contribution in [2.45, 2.75) is 25.8 Å². The molecule has 5 nitrogen and oxygen atoms in total. The molecule has 0 saturated carbocycles. The molecule has 2 aromatic rings. The first-order valence-electron chi connectivity index (χ1n) is 6.14. The molecule has 0 radical (unpaired) electrons. The fraction of sp³-hybridized carbons (Fsp3) is 0.357. The summed E-state index contributed by atoms with van der Waals surface area (Å²) in [7, 11) is 0. The summed E-state index contributed by atoms with van der Waals surface area (Å²) in [6, 6.07) is 3.72. The standard InChI is InChI=1S/C14H18N2O3/c1-14(2,11-3-5-15-8-11)9-16-7-10-4-6-19-12(10)13(17)18/h3-6,8,15-16H,7,9H2,1-2H3,(H,17,18). The minimum atomic E-state index is -1.04. The molecule has 0 aliphatic carbocycles. The van der Waals surface area contributed by atoms with Crippen molar-refractivity contribution < 1.29 is 14.3 Å². The molecule has 5 heteroatoms. The number of aromatic nitrogens is 1. The van der Waals surface area contributed by atoms with Gasteiger partial charge in [-0.2, -0.15) is 0 Å². The van der Waals surface area contributed by atoms with Gasteiger partial charge in [0, 0.05) is 36.5 Å². The van der Waals surface area contributed by atoms with E-state index in [1.54, 1.807) is 6.07 Å². The number of aromatic amines is 1. The van der Waals surface area contributed by atoms with Crippen LogP contribution in [0.2, 0.25) is 0 Å². The Bertz CT molecular complexity index is 541. The van der Waals surface area contributed by atoms with E-state index in [0.29, 0.717) is 12.1 Å². The Balaban J connectivity index is 1.93. The van der Waals surface area contributed by atoms with Crippen molar-refractivity contribution in [3.8, 4) is 0 Å². The van der Waals surface area contributed by atoms with E-state index in [9.17, 15) is 4.79 Å². The first-order valence-corrected chi connectivity index (χ1v) is 6.14. The third-order valence-corrected chi connectivity index (χ3v) is 3.20. The lowest BCUT2D eigenvalue weighted by atomic mass is 9.86. The molecule has 102 valence electrons. The Morgan fingerprint density at radius 3 is 2.89 bits per heavy atom. The Kier molecular flexibility index (Phi) is 3.76. The number of nitrogens with one attached hydrogen (secondary N) is 2. The number of H-pyrrole nitrogens is 1. The first kappa shape index (κ1) is 13.4. The molecule has 2 heterocycles. The Morgan fingerprint density at radius 2 is 2.26 bits per heavy atom. The summed E-state index contributed by atoms with van der Waals surface area (Å²) >= 11 is 0. The molecule has 0 unspecified atom stereocenters. The van der Waals surface area contributed by atoms with Crippen LogP contribution in [0.1, 0.15) is 35.5 Å². The van der Waals surface area contributed by atoms with Gasteiger partial charge in [0.2, 0.25) is 5.76 Å². The maximum atomic E-state index is 10.9. The molecule has 2 aromatic heterocycles. The molecule has 0 saturated heterocycles. The number of carboxylic acids is 1. The predicted molar refractivity (Wildman–Crippen MR) is 71.2 cm³/mol. The third kappa shape index (κ3) is 3.06. The summed E-state index contributed by atoms with van der Waals surface area (Å²) in [5.41, 5.74) is 1.86. The van der Waals surface area contributed by atoms with Crippen LogP contribution < -0.4 is 5.32 Å². The van der Waals surface area contributed by atoms with E-state index in [0.717, 1.165) is 6.54 Å². The largest absolute Gasteiger partial charge is 0.475 e. The highest BCUT2D eigenvalue weighted by Crippen LogP contribution is 2.21. The molecular weight excluding hydrogens is 244 g/mol. The van der Waals surface area contributed by atoms with Gasteiger partial charge in [-0.3, -0.25) is 0 Å². The highest BCUT2D eigenvalue weighted by molar-refractivity contribution is 5.86. The van der Waals surface area contributed by atoms with Gasteiger partial charge in [-0.05, 0) is 17.7 Å². The summed E-state index contributed by atoms with van der Waals surface area (Å²) in [5.74, 6) is -1.03. The number of carbonyl (C=O) groups is 1. The van der Waals surface area contributed by atoms with E-state index in [1.807, 2.05) is 18.5 Å². The van der Waals surface area contributed by atoms with Gasteiger partial charge in [-0.15, -0.1) is 0 Å². The minimum Gasteiger partial charge on any atom is -0.475 e. The highest BCUT2D eigenvalue weighted by Gasteiger charge is 2.21. The van der Waals surface area contributed by atoms with E-state index in [1.165, 1.54) is 11.8 Å². The van der Waals surface area contributed by atoms with Gasteiger partial charge in [0.25, 0.3) is 0 Å². The number of aromatic carboxylic acids is 1. The second kappa shape index (κ2) is 5.32. The molecular formula is C14H18N2O3. The Morgan fingerprint density at radius 1 is 1.47 bits per heavy atom. The number of carboxylic acid groups (broad SMARTS) is 1. The van der Waals surface area contributed by atoms with E-state index in [2.05, 4.69) is 24.1 Å². The summed E-state index contributed by atoms with van der Waals surface area (Å²) in [6.07, 6.45) is 5.27. The van der Waals surface area contributed by atoms with Crippen LogP contribution in [0, 0.1) is 0 Å². The molecule has 2 rings (SSSR count). The van der Waals surface area contributed by atoms with Crippen LogP contribution in [0.3, 0.4) is 0 Å². The highest BCUT2D eigenvalue weighted by atomic mass is 16.4. The second-order valence-corrected chi connectivity index (χ2v) is 5.17. The predicted octanol–water partition coefficient (Wildman–Crippen LogP) is 2.37. The summed E-state index contributed by atoms with van der Waals surface area (Å²) in [4.78, 5) is 13.9. The number of furan rings is 1. The van der Waals surface area contributed by atoms with E-state index in [4.69, 9.17) is 9.52 Å². The van der Waals surface area contributed by atoms with Gasteiger partial charge in [-0.25, -0.2) is 4.79 Å². The fourth-order valence-electron chi connectivity index (χ4n) is 2.02. The minimum absolute atomic E-state index is 0.00644. The van der Waals surface area contributed by atoms with Crippen LogP contribution in [0.4, 0.5) is 0 Å². The maximum absolute atomic E-state index is 10.9. The van der Waals surface area contributed by atoms with Crippen molar-refractivity contribution in [1.29, 1.82) is 0 Å². The molecule has 0 bridgehead atoms. The van der Waals surface area contributed by atoms with Crippen LogP contribution in [0.25, 0.3) is 0 Å². The number of hydrogen-bond acceptors (Lipinski definition) is 3. The normalized spacial score (nSPS) is 11.7. The van der Waals surface area contributed by atoms with E-state index < -0.39 is 5.97 Å². The summed E-state index contributed by atoms with van der Waals surface area (Å²) < 4.78 is 4.94. The van der Waals surface area contributed by atoms with Gasteiger partial charge in [-0.1, -0.05) is 13.8 Å². The quantitative estimate of drug-likeness (QED) is 0.746. The SMILES string of the molecule is CC(C)(CNCc1ccoc1C(=O)O)c1cc[nH]c1. The summed E-state index contributed by atoms with van der Waals surface area (Å²) in [6.45, 7) is 5.49. The molecule has 3 N–H and O–H groups in total. The zero-order valence-electron chi connectivity index (χ0n) is 11.1. The molecule has 0 aliphatic heterocycles. The molecule has 0 aromatic carbocycles. The Labute approximate surface area is 111 Å². The van der Waals surface area contributed by atoms with Crippen LogP contribution >= 0.6 is 0 Å². The van der Waals surface area contributed by atoms with Crippen molar-refractivity contribution >= 4 is 5.97 Å². The zero-order valence-corrected chi connectivity index (χ0v) is 11.1. The van der Waals surface area contributed by atoms with Crippen LogP contribution in [0.15, 0.2) is 35.2 Å². The number of hydrogen-bond donors (Lipinski definition) is 3. The lowest BCUT2D eigenvalue weighted by Crippen LogP contribution is -2.32. The number of rotatable bonds is 6. The monoisotopic (exact) mass is 262 g/mol. The first-order chi connectivity index (χ1) is 9.00. The molecule has 0 amide bonds. The van der Waals surface area contributed by atoms with Gasteiger partial charge in [0.1, 0.15) is 0 Å². The van der Waals surface area contributed by atoms with E-state index >= 15 is 0 Å². The fourth-order valence-corrected chi connectivity index (χ4v) is 2.02. The zero-order chi connectivity index (χ0) is 13.9. The smallest absolute Gasteiger partial charge is 0.372 e. The lowest BCUT2D eigenvalue weighted by Gasteiger charge is -2.24. The maximum Gasteiger partial charge on any atom is 0.372 e. The Hall–Kier alpha value is -2.01. The van der Waals surface area contributed by atoms with Crippen LogP contribution in [0.5, 0.6) is 0 Å². The molecule has 19 heavy (non-hydrogen) atoms. The third-order valence-electron chi connectivity index (χ3n) is 3.20. The van der Waals surface area contributed by atoms with Crippen molar-refractivity contribution in [1.82, 2.24) is 10.3 Å². The van der Waals surface area contributed by atoms with Crippen LogP contribution in [-0.2, 0) is 12.0 Å².